The van der Waals surface area contributed by atoms with Gasteiger partial charge in [-0.3, -0.25) is 4.79 Å². The minimum Gasteiger partial charge on any atom is -0.338 e. The van der Waals surface area contributed by atoms with Crippen LogP contribution in [0.1, 0.15) is 16.1 Å². The molecule has 0 spiro atoms. The van der Waals surface area contributed by atoms with Gasteiger partial charge in [0.05, 0.1) is 23.1 Å². The maximum absolute atomic E-state index is 12.3. The Labute approximate surface area is 155 Å². The third-order valence-corrected chi connectivity index (χ3v) is 4.02. The third kappa shape index (κ3) is 4.26. The number of carbonyl (C=O) groups is 1. The van der Waals surface area contributed by atoms with Crippen molar-refractivity contribution in [1.82, 2.24) is 9.97 Å². The first-order valence-electron chi connectivity index (χ1n) is 7.44. The topological polar surface area (TPSA) is 66.9 Å². The van der Waals surface area contributed by atoms with E-state index in [1.54, 1.807) is 18.2 Å². The van der Waals surface area contributed by atoms with Crippen molar-refractivity contribution < 1.29 is 4.79 Å². The molecule has 0 bridgehead atoms. The second-order valence-electron chi connectivity index (χ2n) is 5.31. The number of rotatable bonds is 4. The Morgan fingerprint density at radius 1 is 1.00 bits per heavy atom. The van der Waals surface area contributed by atoms with E-state index in [1.807, 2.05) is 31.2 Å². The summed E-state index contributed by atoms with van der Waals surface area (Å²) in [4.78, 5) is 20.6. The van der Waals surface area contributed by atoms with Gasteiger partial charge in [-0.25, -0.2) is 9.97 Å². The van der Waals surface area contributed by atoms with Crippen LogP contribution >= 0.6 is 23.2 Å². The Morgan fingerprint density at radius 3 is 2.48 bits per heavy atom. The van der Waals surface area contributed by atoms with Crippen molar-refractivity contribution in [3.63, 3.8) is 0 Å². The number of anilines is 3. The molecule has 0 aliphatic carbocycles. The first-order valence-corrected chi connectivity index (χ1v) is 8.19. The summed E-state index contributed by atoms with van der Waals surface area (Å²) in [7, 11) is 0. The van der Waals surface area contributed by atoms with Gasteiger partial charge in [0.2, 0.25) is 0 Å². The van der Waals surface area contributed by atoms with E-state index >= 15 is 0 Å². The fourth-order valence-electron chi connectivity index (χ4n) is 2.14. The minimum absolute atomic E-state index is 0.219. The van der Waals surface area contributed by atoms with Crippen LogP contribution in [-0.2, 0) is 0 Å². The fourth-order valence-corrected chi connectivity index (χ4v) is 2.59. The number of halogens is 2. The molecule has 0 aliphatic rings. The number of para-hydroxylation sites is 1. The highest BCUT2D eigenvalue weighted by Crippen LogP contribution is 2.27. The Bertz CT molecular complexity index is 913. The maximum Gasteiger partial charge on any atom is 0.275 e. The molecule has 25 heavy (non-hydrogen) atoms. The van der Waals surface area contributed by atoms with Gasteiger partial charge in [-0.2, -0.15) is 0 Å². The zero-order valence-corrected chi connectivity index (χ0v) is 14.8. The van der Waals surface area contributed by atoms with Crippen LogP contribution in [0.4, 0.5) is 17.2 Å². The quantitative estimate of drug-likeness (QED) is 0.669. The van der Waals surface area contributed by atoms with E-state index in [9.17, 15) is 4.79 Å². The lowest BCUT2D eigenvalue weighted by atomic mass is 10.2. The van der Waals surface area contributed by atoms with Gasteiger partial charge in [-0.1, -0.05) is 41.4 Å². The van der Waals surface area contributed by atoms with Crippen molar-refractivity contribution in [2.45, 2.75) is 6.92 Å². The molecular formula is C18H14Cl2N4O. The molecule has 0 unspecified atom stereocenters. The number of nitrogens with zero attached hydrogens (tertiary/aromatic N) is 2. The molecule has 0 saturated carbocycles. The molecule has 1 heterocycles. The van der Waals surface area contributed by atoms with Crippen LogP contribution < -0.4 is 10.6 Å². The smallest absolute Gasteiger partial charge is 0.275 e. The van der Waals surface area contributed by atoms with Crippen LogP contribution in [0.15, 0.2) is 54.9 Å². The van der Waals surface area contributed by atoms with E-state index in [0.29, 0.717) is 21.6 Å². The summed E-state index contributed by atoms with van der Waals surface area (Å²) >= 11 is 12.0. The molecule has 5 nitrogen and oxygen atoms in total. The standard InChI is InChI=1S/C18H14Cl2N4O/c1-11-4-2-3-5-14(11)24-18(25)16-9-22-17(10-21-16)23-15-7-6-12(19)8-13(15)20/h2-10H,1H3,(H,22,23)(H,24,25). The lowest BCUT2D eigenvalue weighted by Gasteiger charge is -2.09. The van der Waals surface area contributed by atoms with Gasteiger partial charge in [0.1, 0.15) is 11.5 Å². The molecular weight excluding hydrogens is 359 g/mol. The van der Waals surface area contributed by atoms with Crippen molar-refractivity contribution in [3.8, 4) is 0 Å². The van der Waals surface area contributed by atoms with E-state index < -0.39 is 0 Å². The lowest BCUT2D eigenvalue weighted by Crippen LogP contribution is -2.15. The SMILES string of the molecule is Cc1ccccc1NC(=O)c1cnc(Nc2ccc(Cl)cc2Cl)cn1. The molecule has 0 saturated heterocycles. The van der Waals surface area contributed by atoms with Crippen molar-refractivity contribution in [2.75, 3.05) is 10.6 Å². The average molecular weight is 373 g/mol. The van der Waals surface area contributed by atoms with E-state index in [4.69, 9.17) is 23.2 Å². The van der Waals surface area contributed by atoms with Crippen LogP contribution in [0.3, 0.4) is 0 Å². The molecule has 1 aromatic heterocycles. The minimum atomic E-state index is -0.321. The van der Waals surface area contributed by atoms with Gasteiger partial charge in [0, 0.05) is 10.7 Å². The highest BCUT2D eigenvalue weighted by atomic mass is 35.5. The summed E-state index contributed by atoms with van der Waals surface area (Å²) in [6.07, 6.45) is 2.87. The van der Waals surface area contributed by atoms with Gasteiger partial charge < -0.3 is 10.6 Å². The Balaban J connectivity index is 1.71. The first kappa shape index (κ1) is 17.2. The monoisotopic (exact) mass is 372 g/mol. The normalized spacial score (nSPS) is 10.4. The molecule has 2 aromatic carbocycles. The van der Waals surface area contributed by atoms with Gasteiger partial charge in [-0.15, -0.1) is 0 Å². The summed E-state index contributed by atoms with van der Waals surface area (Å²) < 4.78 is 0. The van der Waals surface area contributed by atoms with Crippen LogP contribution in [0, 0.1) is 6.92 Å². The number of benzene rings is 2. The highest BCUT2D eigenvalue weighted by molar-refractivity contribution is 6.36. The number of aryl methyl sites for hydroxylation is 1. The molecule has 126 valence electrons. The predicted molar refractivity (Wildman–Crippen MR) is 101 cm³/mol. The second kappa shape index (κ2) is 7.51. The van der Waals surface area contributed by atoms with Crippen molar-refractivity contribution in [2.24, 2.45) is 0 Å². The second-order valence-corrected chi connectivity index (χ2v) is 6.15. The molecule has 0 fully saturated rings. The molecule has 0 aliphatic heterocycles. The average Bonchev–Trinajstić information content (AvgIpc) is 2.60. The molecule has 0 atom stereocenters. The lowest BCUT2D eigenvalue weighted by molar-refractivity contribution is 0.102. The third-order valence-electron chi connectivity index (χ3n) is 3.47. The van der Waals surface area contributed by atoms with Gasteiger partial charge in [0.25, 0.3) is 5.91 Å². The van der Waals surface area contributed by atoms with E-state index in [2.05, 4.69) is 20.6 Å². The van der Waals surface area contributed by atoms with Gasteiger partial charge in [-0.05, 0) is 36.8 Å². The molecule has 2 N–H and O–H groups in total. The zero-order valence-electron chi connectivity index (χ0n) is 13.3. The van der Waals surface area contributed by atoms with Gasteiger partial charge >= 0.3 is 0 Å². The maximum atomic E-state index is 12.3. The number of nitrogens with one attached hydrogen (secondary N) is 2. The van der Waals surface area contributed by atoms with Gasteiger partial charge in [0.15, 0.2) is 0 Å². The molecule has 3 aromatic rings. The number of aromatic nitrogens is 2. The summed E-state index contributed by atoms with van der Waals surface area (Å²) in [5, 5.41) is 6.86. The largest absolute Gasteiger partial charge is 0.338 e. The van der Waals surface area contributed by atoms with E-state index in [1.165, 1.54) is 12.4 Å². The van der Waals surface area contributed by atoms with Crippen molar-refractivity contribution >= 4 is 46.3 Å². The molecule has 7 heteroatoms. The van der Waals surface area contributed by atoms with Crippen LogP contribution in [0.2, 0.25) is 10.0 Å². The molecule has 3 rings (SSSR count). The van der Waals surface area contributed by atoms with Crippen molar-refractivity contribution in [1.29, 1.82) is 0 Å². The van der Waals surface area contributed by atoms with Crippen LogP contribution in [0.25, 0.3) is 0 Å². The number of carbonyl (C=O) groups excluding carboxylic acids is 1. The summed E-state index contributed by atoms with van der Waals surface area (Å²) in [6, 6.07) is 12.6. The molecule has 0 radical (unpaired) electrons. The molecule has 1 amide bonds. The number of amides is 1. The predicted octanol–water partition coefficient (Wildman–Crippen LogP) is 5.09. The first-order chi connectivity index (χ1) is 12.0. The summed E-state index contributed by atoms with van der Waals surface area (Å²) in [5.41, 5.74) is 2.58. The Hall–Kier alpha value is -2.63. The Morgan fingerprint density at radius 2 is 1.80 bits per heavy atom. The van der Waals surface area contributed by atoms with Crippen LogP contribution in [-0.4, -0.2) is 15.9 Å². The Kier molecular flexibility index (Phi) is 5.16. The summed E-state index contributed by atoms with van der Waals surface area (Å²) in [6.45, 7) is 1.92. The highest BCUT2D eigenvalue weighted by Gasteiger charge is 2.10. The number of hydrogen-bond donors (Lipinski definition) is 2. The van der Waals surface area contributed by atoms with Crippen molar-refractivity contribution in [3.05, 3.63) is 76.2 Å². The number of hydrogen-bond acceptors (Lipinski definition) is 4. The van der Waals surface area contributed by atoms with E-state index in [-0.39, 0.29) is 11.6 Å². The summed E-state index contributed by atoms with van der Waals surface area (Å²) in [5.74, 6) is 0.148. The zero-order chi connectivity index (χ0) is 17.8. The fraction of sp³-hybridized carbons (Fsp3) is 0.0556. The van der Waals surface area contributed by atoms with Crippen LogP contribution in [0.5, 0.6) is 0 Å². The van der Waals surface area contributed by atoms with E-state index in [0.717, 1.165) is 11.3 Å².